The Morgan fingerprint density at radius 2 is 1.83 bits per heavy atom. The number of hydrogen-bond acceptors (Lipinski definition) is 5. The van der Waals surface area contributed by atoms with Gasteiger partial charge in [-0.25, -0.2) is 4.98 Å². The fourth-order valence-electron chi connectivity index (χ4n) is 3.04. The Labute approximate surface area is 176 Å². The fourth-order valence-corrected chi connectivity index (χ4v) is 4.01. The zero-order valence-electron chi connectivity index (χ0n) is 17.2. The summed E-state index contributed by atoms with van der Waals surface area (Å²) < 4.78 is 0. The maximum Gasteiger partial charge on any atom is 0.251 e. The molecule has 0 aliphatic rings. The summed E-state index contributed by atoms with van der Waals surface area (Å²) in [5, 5.41) is 4.02. The van der Waals surface area contributed by atoms with Crippen LogP contribution in [0.3, 0.4) is 0 Å². The Kier molecular flexibility index (Phi) is 7.01. The third-order valence-corrected chi connectivity index (χ3v) is 6.07. The van der Waals surface area contributed by atoms with E-state index in [2.05, 4.69) is 29.0 Å². The van der Waals surface area contributed by atoms with Crippen LogP contribution in [0.5, 0.6) is 0 Å². The lowest BCUT2D eigenvalue weighted by Crippen LogP contribution is -2.23. The first-order valence-corrected chi connectivity index (χ1v) is 10.7. The lowest BCUT2D eigenvalue weighted by Gasteiger charge is -2.20. The van der Waals surface area contributed by atoms with E-state index in [4.69, 9.17) is 5.73 Å². The average Bonchev–Trinajstić information content (AvgIpc) is 3.09. The van der Waals surface area contributed by atoms with Crippen molar-refractivity contribution in [2.75, 3.05) is 11.4 Å². The second-order valence-corrected chi connectivity index (χ2v) is 8.24. The molecule has 0 saturated heterocycles. The molecule has 5 nitrogen and oxygen atoms in total. The van der Waals surface area contributed by atoms with Gasteiger partial charge in [0.2, 0.25) is 0 Å². The molecule has 0 spiro atoms. The number of hydrogen-bond donors (Lipinski definition) is 2. The summed E-state index contributed by atoms with van der Waals surface area (Å²) >= 11 is 1.72. The minimum atomic E-state index is -0.0757. The standard InChI is InChI=1S/C23H28N4OS/c1-4-27(23-26-16(2)17(3)29-23)15-18-8-10-21(11-9-18)22(28)25-14-20-7-5-6-19(12-20)13-24/h5-12H,4,13-15,24H2,1-3H3,(H,25,28). The normalized spacial score (nSPS) is 10.8. The molecular formula is C23H28N4OS. The Balaban J connectivity index is 1.60. The number of aromatic nitrogens is 1. The van der Waals surface area contributed by atoms with E-state index in [1.54, 1.807) is 11.3 Å². The molecule has 6 heteroatoms. The van der Waals surface area contributed by atoms with E-state index in [1.165, 1.54) is 4.88 Å². The minimum absolute atomic E-state index is 0.0757. The van der Waals surface area contributed by atoms with Gasteiger partial charge >= 0.3 is 0 Å². The molecule has 0 atom stereocenters. The molecule has 29 heavy (non-hydrogen) atoms. The highest BCUT2D eigenvalue weighted by molar-refractivity contribution is 7.15. The van der Waals surface area contributed by atoms with E-state index >= 15 is 0 Å². The topological polar surface area (TPSA) is 71.2 Å². The van der Waals surface area contributed by atoms with Crippen molar-refractivity contribution in [2.24, 2.45) is 5.73 Å². The number of aryl methyl sites for hydroxylation is 2. The van der Waals surface area contributed by atoms with E-state index in [-0.39, 0.29) is 5.91 Å². The minimum Gasteiger partial charge on any atom is -0.348 e. The molecule has 0 aliphatic heterocycles. The number of anilines is 1. The summed E-state index contributed by atoms with van der Waals surface area (Å²) in [4.78, 5) is 20.6. The molecule has 1 aromatic heterocycles. The highest BCUT2D eigenvalue weighted by atomic mass is 32.1. The first-order valence-electron chi connectivity index (χ1n) is 9.84. The van der Waals surface area contributed by atoms with Gasteiger partial charge in [-0.2, -0.15) is 0 Å². The van der Waals surface area contributed by atoms with E-state index < -0.39 is 0 Å². The smallest absolute Gasteiger partial charge is 0.251 e. The van der Waals surface area contributed by atoms with Crippen molar-refractivity contribution in [2.45, 2.75) is 40.4 Å². The molecule has 152 valence electrons. The highest BCUT2D eigenvalue weighted by Crippen LogP contribution is 2.26. The molecule has 0 unspecified atom stereocenters. The van der Waals surface area contributed by atoms with Gasteiger partial charge in [0.1, 0.15) is 0 Å². The van der Waals surface area contributed by atoms with Crippen molar-refractivity contribution in [3.63, 3.8) is 0 Å². The third-order valence-electron chi connectivity index (χ3n) is 4.94. The van der Waals surface area contributed by atoms with E-state index in [0.29, 0.717) is 18.7 Å². The number of carbonyl (C=O) groups excluding carboxylic acids is 1. The number of carbonyl (C=O) groups is 1. The zero-order valence-corrected chi connectivity index (χ0v) is 18.1. The molecule has 3 rings (SSSR count). The average molecular weight is 409 g/mol. The molecule has 1 amide bonds. The molecule has 1 heterocycles. The molecule has 0 aliphatic carbocycles. The predicted octanol–water partition coefficient (Wildman–Crippen LogP) is 4.18. The third kappa shape index (κ3) is 5.43. The summed E-state index contributed by atoms with van der Waals surface area (Å²) in [5.74, 6) is -0.0757. The summed E-state index contributed by atoms with van der Waals surface area (Å²) in [5.41, 5.74) is 10.7. The van der Waals surface area contributed by atoms with Crippen LogP contribution in [-0.2, 0) is 19.6 Å². The summed E-state index contributed by atoms with van der Waals surface area (Å²) in [6, 6.07) is 15.7. The van der Waals surface area contributed by atoms with Crippen molar-refractivity contribution in [1.82, 2.24) is 10.3 Å². The molecular weight excluding hydrogens is 380 g/mol. The molecule has 3 N–H and O–H groups in total. The fraction of sp³-hybridized carbons (Fsp3) is 0.304. The van der Waals surface area contributed by atoms with Crippen LogP contribution in [0.2, 0.25) is 0 Å². The number of nitrogens with zero attached hydrogens (tertiary/aromatic N) is 2. The Bertz CT molecular complexity index is 946. The molecule has 2 aromatic carbocycles. The number of rotatable bonds is 8. The van der Waals surface area contributed by atoms with Gasteiger partial charge in [0.15, 0.2) is 5.13 Å². The van der Waals surface area contributed by atoms with Crippen molar-refractivity contribution >= 4 is 22.4 Å². The first kappa shape index (κ1) is 21.0. The first-order chi connectivity index (χ1) is 14.0. The maximum atomic E-state index is 12.5. The van der Waals surface area contributed by atoms with Gasteiger partial charge < -0.3 is 16.0 Å². The van der Waals surface area contributed by atoms with Crippen LogP contribution in [0, 0.1) is 13.8 Å². The zero-order chi connectivity index (χ0) is 20.8. The van der Waals surface area contributed by atoms with Gasteiger partial charge in [-0.1, -0.05) is 36.4 Å². The van der Waals surface area contributed by atoms with Crippen molar-refractivity contribution in [3.05, 3.63) is 81.4 Å². The molecule has 0 radical (unpaired) electrons. The van der Waals surface area contributed by atoms with Gasteiger partial charge in [-0.15, -0.1) is 11.3 Å². The highest BCUT2D eigenvalue weighted by Gasteiger charge is 2.12. The van der Waals surface area contributed by atoms with Gasteiger partial charge in [0.05, 0.1) is 5.69 Å². The van der Waals surface area contributed by atoms with Crippen LogP contribution in [0.4, 0.5) is 5.13 Å². The number of thiazole rings is 1. The molecule has 0 bridgehead atoms. The lowest BCUT2D eigenvalue weighted by atomic mass is 10.1. The molecule has 3 aromatic rings. The van der Waals surface area contributed by atoms with Crippen LogP contribution in [0.15, 0.2) is 48.5 Å². The monoisotopic (exact) mass is 408 g/mol. The Hall–Kier alpha value is -2.70. The summed E-state index contributed by atoms with van der Waals surface area (Å²) in [6.45, 7) is 8.92. The van der Waals surface area contributed by atoms with Crippen LogP contribution in [0.25, 0.3) is 0 Å². The Morgan fingerprint density at radius 1 is 1.10 bits per heavy atom. The van der Waals surface area contributed by atoms with E-state index in [0.717, 1.165) is 40.6 Å². The quantitative estimate of drug-likeness (QED) is 0.587. The van der Waals surface area contributed by atoms with Crippen molar-refractivity contribution in [1.29, 1.82) is 0 Å². The summed E-state index contributed by atoms with van der Waals surface area (Å²) in [7, 11) is 0. The van der Waals surface area contributed by atoms with Crippen LogP contribution in [0.1, 0.15) is 44.5 Å². The van der Waals surface area contributed by atoms with Crippen molar-refractivity contribution in [3.8, 4) is 0 Å². The van der Waals surface area contributed by atoms with Crippen LogP contribution < -0.4 is 16.0 Å². The van der Waals surface area contributed by atoms with Crippen LogP contribution in [-0.4, -0.2) is 17.4 Å². The van der Waals surface area contributed by atoms with E-state index in [9.17, 15) is 4.79 Å². The van der Waals surface area contributed by atoms with Gasteiger partial charge in [0.25, 0.3) is 5.91 Å². The number of amides is 1. The number of benzene rings is 2. The predicted molar refractivity (Wildman–Crippen MR) is 120 cm³/mol. The van der Waals surface area contributed by atoms with Gasteiger partial charge in [0, 0.05) is 36.6 Å². The van der Waals surface area contributed by atoms with Gasteiger partial charge in [-0.05, 0) is 49.6 Å². The van der Waals surface area contributed by atoms with Crippen LogP contribution >= 0.6 is 11.3 Å². The Morgan fingerprint density at radius 3 is 2.45 bits per heavy atom. The van der Waals surface area contributed by atoms with Gasteiger partial charge in [-0.3, -0.25) is 4.79 Å². The molecule has 0 fully saturated rings. The number of nitrogens with two attached hydrogens (primary N) is 1. The number of nitrogens with one attached hydrogen (secondary N) is 1. The largest absolute Gasteiger partial charge is 0.348 e. The molecule has 0 saturated carbocycles. The summed E-state index contributed by atoms with van der Waals surface area (Å²) in [6.07, 6.45) is 0. The maximum absolute atomic E-state index is 12.5. The van der Waals surface area contributed by atoms with Crippen molar-refractivity contribution < 1.29 is 4.79 Å². The lowest BCUT2D eigenvalue weighted by molar-refractivity contribution is 0.0951. The van der Waals surface area contributed by atoms with E-state index in [1.807, 2.05) is 55.5 Å². The SMILES string of the molecule is CCN(Cc1ccc(C(=O)NCc2cccc(CN)c2)cc1)c1nc(C)c(C)s1. The second kappa shape index (κ2) is 9.67. The second-order valence-electron chi connectivity index (χ2n) is 7.06.